The van der Waals surface area contributed by atoms with Crippen molar-refractivity contribution in [1.82, 2.24) is 9.88 Å². The number of hydrogen-bond acceptors (Lipinski definition) is 4. The molecule has 0 aliphatic carbocycles. The van der Waals surface area contributed by atoms with Gasteiger partial charge in [-0.05, 0) is 36.4 Å². The van der Waals surface area contributed by atoms with Crippen LogP contribution in [0.1, 0.15) is 15.9 Å². The third-order valence-corrected chi connectivity index (χ3v) is 3.23. The van der Waals surface area contributed by atoms with E-state index in [1.807, 2.05) is 5.32 Å². The van der Waals surface area contributed by atoms with Crippen molar-refractivity contribution in [2.24, 2.45) is 0 Å². The molecule has 2 rings (SSSR count). The van der Waals surface area contributed by atoms with Crippen molar-refractivity contribution < 1.29 is 36.3 Å². The Labute approximate surface area is 148 Å². The number of hydrogen-bond donors (Lipinski definition) is 1. The minimum absolute atomic E-state index is 0.0821. The van der Waals surface area contributed by atoms with Gasteiger partial charge in [0, 0.05) is 11.8 Å². The number of nitrogens with zero attached hydrogens (tertiary/aromatic N) is 1. The molecule has 6 nitrogen and oxygen atoms in total. The highest BCUT2D eigenvalue weighted by Crippen LogP contribution is 2.25. The zero-order valence-electron chi connectivity index (χ0n) is 13.3. The first kappa shape index (κ1) is 20.1. The molecule has 1 heterocycles. The molecule has 27 heavy (non-hydrogen) atoms. The summed E-state index contributed by atoms with van der Waals surface area (Å²) < 4.78 is 66.8. The minimum atomic E-state index is -4.88. The van der Waals surface area contributed by atoms with E-state index in [1.165, 1.54) is 0 Å². The van der Waals surface area contributed by atoms with Crippen LogP contribution in [0, 0.1) is 0 Å². The molecule has 0 bridgehead atoms. The molecule has 2 amide bonds. The van der Waals surface area contributed by atoms with Crippen LogP contribution in [0.15, 0.2) is 47.4 Å². The molecule has 0 unspecified atom stereocenters. The van der Waals surface area contributed by atoms with Crippen molar-refractivity contribution >= 4 is 11.8 Å². The fourth-order valence-electron chi connectivity index (χ4n) is 2.06. The van der Waals surface area contributed by atoms with Crippen LogP contribution in [0.5, 0.6) is 5.75 Å². The lowest BCUT2D eigenvalue weighted by molar-refractivity contribution is -0.139. The number of pyridine rings is 1. The molecule has 0 fully saturated rings. The van der Waals surface area contributed by atoms with Crippen molar-refractivity contribution in [3.05, 3.63) is 64.1 Å². The second-order valence-corrected chi connectivity index (χ2v) is 5.13. The number of rotatable bonds is 5. The average Bonchev–Trinajstić information content (AvgIpc) is 2.55. The van der Waals surface area contributed by atoms with E-state index >= 15 is 0 Å². The summed E-state index contributed by atoms with van der Waals surface area (Å²) >= 11 is 0. The first-order valence-electron chi connectivity index (χ1n) is 7.23. The molecular weight excluding hydrogens is 379 g/mol. The van der Waals surface area contributed by atoms with E-state index in [-0.39, 0.29) is 11.3 Å². The van der Waals surface area contributed by atoms with Crippen LogP contribution in [0.2, 0.25) is 0 Å². The second kappa shape index (κ2) is 7.98. The van der Waals surface area contributed by atoms with Crippen LogP contribution in [0.4, 0.5) is 22.0 Å². The van der Waals surface area contributed by atoms with Gasteiger partial charge in [-0.25, -0.2) is 0 Å². The summed E-state index contributed by atoms with van der Waals surface area (Å²) in [6.45, 7) is -3.86. The smallest absolute Gasteiger partial charge is 0.421 e. The van der Waals surface area contributed by atoms with Gasteiger partial charge in [-0.15, -0.1) is 0 Å². The predicted octanol–water partition coefficient (Wildman–Crippen LogP) is 2.43. The fraction of sp³-hybridized carbons (Fsp3) is 0.188. The Morgan fingerprint density at radius 2 is 1.74 bits per heavy atom. The molecular formula is C16H11F5N2O4. The molecule has 0 aliphatic heterocycles. The number of halogens is 5. The zero-order valence-corrected chi connectivity index (χ0v) is 13.3. The predicted molar refractivity (Wildman–Crippen MR) is 81.3 cm³/mol. The summed E-state index contributed by atoms with van der Waals surface area (Å²) in [6.07, 6.45) is -3.91. The van der Waals surface area contributed by atoms with E-state index < -0.39 is 42.3 Å². The molecule has 0 saturated heterocycles. The lowest BCUT2D eigenvalue weighted by Gasteiger charge is -2.10. The number of amides is 2. The Hall–Kier alpha value is -3.24. The molecule has 144 valence electrons. The van der Waals surface area contributed by atoms with Crippen molar-refractivity contribution in [3.63, 3.8) is 0 Å². The van der Waals surface area contributed by atoms with Crippen LogP contribution in [-0.4, -0.2) is 23.0 Å². The van der Waals surface area contributed by atoms with E-state index in [2.05, 4.69) is 4.74 Å². The van der Waals surface area contributed by atoms with Gasteiger partial charge in [-0.1, -0.05) is 0 Å². The maximum Gasteiger partial charge on any atom is 0.421 e. The summed E-state index contributed by atoms with van der Waals surface area (Å²) in [5.74, 6) is -2.17. The fourth-order valence-corrected chi connectivity index (χ4v) is 2.06. The van der Waals surface area contributed by atoms with Gasteiger partial charge >= 0.3 is 12.8 Å². The number of imide groups is 1. The summed E-state index contributed by atoms with van der Waals surface area (Å²) in [5.41, 5.74) is -2.96. The van der Waals surface area contributed by atoms with Gasteiger partial charge in [-0.2, -0.15) is 22.0 Å². The van der Waals surface area contributed by atoms with Crippen molar-refractivity contribution in [1.29, 1.82) is 0 Å². The van der Waals surface area contributed by atoms with Gasteiger partial charge in [0.1, 0.15) is 17.9 Å². The Bertz CT molecular complexity index is 891. The van der Waals surface area contributed by atoms with E-state index in [4.69, 9.17) is 0 Å². The SMILES string of the molecule is O=C(Cn1cccc(C(F)(F)F)c1=O)NC(=O)c1ccc(OC(F)F)cc1. The quantitative estimate of drug-likeness (QED) is 0.796. The number of benzene rings is 1. The lowest BCUT2D eigenvalue weighted by atomic mass is 10.2. The van der Waals surface area contributed by atoms with E-state index in [9.17, 15) is 36.3 Å². The Morgan fingerprint density at radius 1 is 1.11 bits per heavy atom. The summed E-state index contributed by atoms with van der Waals surface area (Å²) in [7, 11) is 0. The van der Waals surface area contributed by atoms with E-state index in [0.29, 0.717) is 10.6 Å². The molecule has 1 aromatic carbocycles. The molecule has 2 aromatic rings. The van der Waals surface area contributed by atoms with Crippen LogP contribution in [0.25, 0.3) is 0 Å². The second-order valence-electron chi connectivity index (χ2n) is 5.13. The molecule has 0 spiro atoms. The molecule has 1 N–H and O–H groups in total. The average molecular weight is 390 g/mol. The summed E-state index contributed by atoms with van der Waals surface area (Å²) in [4.78, 5) is 35.5. The monoisotopic (exact) mass is 390 g/mol. The van der Waals surface area contributed by atoms with Gasteiger partial charge in [0.25, 0.3) is 11.5 Å². The van der Waals surface area contributed by atoms with Crippen LogP contribution in [0.3, 0.4) is 0 Å². The van der Waals surface area contributed by atoms with Gasteiger partial charge in [0.2, 0.25) is 5.91 Å². The highest BCUT2D eigenvalue weighted by atomic mass is 19.4. The third kappa shape index (κ3) is 5.36. The highest BCUT2D eigenvalue weighted by Gasteiger charge is 2.34. The lowest BCUT2D eigenvalue weighted by Crippen LogP contribution is -2.37. The van der Waals surface area contributed by atoms with Crippen LogP contribution in [-0.2, 0) is 17.5 Å². The van der Waals surface area contributed by atoms with Gasteiger partial charge in [0.15, 0.2) is 0 Å². The summed E-state index contributed by atoms with van der Waals surface area (Å²) in [6, 6.07) is 5.88. The Balaban J connectivity index is 2.06. The number of carbonyl (C=O) groups excluding carboxylic acids is 2. The normalized spacial score (nSPS) is 11.3. The van der Waals surface area contributed by atoms with E-state index in [0.717, 1.165) is 36.5 Å². The molecule has 0 radical (unpaired) electrons. The maximum atomic E-state index is 12.7. The van der Waals surface area contributed by atoms with Crippen LogP contribution >= 0.6 is 0 Å². The molecule has 0 saturated carbocycles. The molecule has 0 aliphatic rings. The third-order valence-electron chi connectivity index (χ3n) is 3.23. The molecule has 11 heteroatoms. The number of ether oxygens (including phenoxy) is 1. The van der Waals surface area contributed by atoms with E-state index in [1.54, 1.807) is 0 Å². The first-order chi connectivity index (χ1) is 12.6. The minimum Gasteiger partial charge on any atom is -0.435 e. The van der Waals surface area contributed by atoms with Crippen molar-refractivity contribution in [2.45, 2.75) is 19.3 Å². The Morgan fingerprint density at radius 3 is 2.30 bits per heavy atom. The maximum absolute atomic E-state index is 12.7. The van der Waals surface area contributed by atoms with Gasteiger partial charge in [0.05, 0.1) is 0 Å². The van der Waals surface area contributed by atoms with Crippen LogP contribution < -0.4 is 15.6 Å². The highest BCUT2D eigenvalue weighted by molar-refractivity contribution is 6.04. The number of carbonyl (C=O) groups is 2. The topological polar surface area (TPSA) is 77.4 Å². The molecule has 0 atom stereocenters. The van der Waals surface area contributed by atoms with Crippen molar-refractivity contribution in [3.8, 4) is 5.75 Å². The summed E-state index contributed by atoms with van der Waals surface area (Å²) in [5, 5.41) is 1.88. The number of alkyl halides is 5. The zero-order chi connectivity index (χ0) is 20.2. The standard InChI is InChI=1S/C16H11F5N2O4/c17-15(18)27-10-5-3-9(4-6-10)13(25)22-12(24)8-23-7-1-2-11(14(23)26)16(19,20)21/h1-7,15H,8H2,(H,22,24,25). The largest absolute Gasteiger partial charge is 0.435 e. The van der Waals surface area contributed by atoms with Gasteiger partial charge < -0.3 is 9.30 Å². The molecule has 1 aromatic heterocycles. The number of aromatic nitrogens is 1. The number of nitrogens with one attached hydrogen (secondary N) is 1. The first-order valence-corrected chi connectivity index (χ1v) is 7.23. The Kier molecular flexibility index (Phi) is 5.93. The van der Waals surface area contributed by atoms with Gasteiger partial charge in [-0.3, -0.25) is 19.7 Å². The van der Waals surface area contributed by atoms with Crippen molar-refractivity contribution in [2.75, 3.05) is 0 Å².